The minimum absolute atomic E-state index is 0.0810. The summed E-state index contributed by atoms with van der Waals surface area (Å²) in [5.41, 5.74) is 4.12. The number of hydrogen-bond donors (Lipinski definition) is 1. The maximum Gasteiger partial charge on any atom is 0.243 e. The van der Waals surface area contributed by atoms with Gasteiger partial charge in [0.05, 0.1) is 11.4 Å². The van der Waals surface area contributed by atoms with E-state index in [0.717, 1.165) is 22.4 Å². The maximum absolute atomic E-state index is 12.9. The maximum atomic E-state index is 12.9. The fraction of sp³-hybridized carbons (Fsp3) is 0.435. The Labute approximate surface area is 179 Å². The Morgan fingerprint density at radius 3 is 2.20 bits per heavy atom. The summed E-state index contributed by atoms with van der Waals surface area (Å²) in [6.45, 7) is 10.2. The van der Waals surface area contributed by atoms with Crippen LogP contribution in [0.3, 0.4) is 0 Å². The van der Waals surface area contributed by atoms with Crippen molar-refractivity contribution in [2.75, 3.05) is 38.0 Å². The quantitative estimate of drug-likeness (QED) is 0.764. The van der Waals surface area contributed by atoms with Crippen LogP contribution in [0, 0.1) is 13.8 Å². The van der Waals surface area contributed by atoms with Gasteiger partial charge in [-0.05, 0) is 49.1 Å². The van der Waals surface area contributed by atoms with E-state index >= 15 is 0 Å². The second kappa shape index (κ2) is 9.29. The monoisotopic (exact) mass is 429 g/mol. The molecule has 0 radical (unpaired) electrons. The second-order valence-electron chi connectivity index (χ2n) is 8.27. The lowest BCUT2D eigenvalue weighted by molar-refractivity contribution is -0.117. The first kappa shape index (κ1) is 22.5. The number of rotatable bonds is 6. The van der Waals surface area contributed by atoms with Crippen LogP contribution in [0.5, 0.6) is 0 Å². The highest BCUT2D eigenvalue weighted by Crippen LogP contribution is 2.21. The number of carbonyl (C=O) groups excluding carboxylic acids is 1. The third-order valence-corrected chi connectivity index (χ3v) is 7.45. The van der Waals surface area contributed by atoms with E-state index in [1.54, 1.807) is 12.1 Å². The molecule has 2 aromatic rings. The Balaban J connectivity index is 1.55. The van der Waals surface area contributed by atoms with E-state index in [1.807, 2.05) is 49.1 Å². The Kier molecular flexibility index (Phi) is 6.95. The molecule has 1 amide bonds. The van der Waals surface area contributed by atoms with Gasteiger partial charge in [-0.1, -0.05) is 43.7 Å². The summed E-state index contributed by atoms with van der Waals surface area (Å²) in [4.78, 5) is 14.7. The molecule has 1 aliphatic rings. The summed E-state index contributed by atoms with van der Waals surface area (Å²) >= 11 is 0. The molecule has 1 N–H and O–H groups in total. The first-order valence-electron chi connectivity index (χ1n) is 10.4. The molecule has 0 spiro atoms. The predicted octanol–water partition coefficient (Wildman–Crippen LogP) is 3.37. The van der Waals surface area contributed by atoms with E-state index in [9.17, 15) is 13.2 Å². The number of hydrogen-bond acceptors (Lipinski definition) is 4. The van der Waals surface area contributed by atoms with Crippen LogP contribution in [-0.4, -0.2) is 56.3 Å². The molecule has 162 valence electrons. The lowest BCUT2D eigenvalue weighted by Gasteiger charge is -2.33. The van der Waals surface area contributed by atoms with Gasteiger partial charge in [0.1, 0.15) is 0 Å². The van der Waals surface area contributed by atoms with E-state index in [0.29, 0.717) is 37.0 Å². The highest BCUT2D eigenvalue weighted by molar-refractivity contribution is 7.89. The van der Waals surface area contributed by atoms with Crippen LogP contribution in [0.15, 0.2) is 47.4 Å². The fourth-order valence-electron chi connectivity index (χ4n) is 3.65. The van der Waals surface area contributed by atoms with Crippen molar-refractivity contribution in [3.63, 3.8) is 0 Å². The SMILES string of the molecule is Cc1ccc(NC(=O)CN2CCN(S(=O)(=O)c3ccc(C(C)C)cc3)CC2)c(C)c1. The lowest BCUT2D eigenvalue weighted by Crippen LogP contribution is -2.50. The van der Waals surface area contributed by atoms with Crippen molar-refractivity contribution >= 4 is 21.6 Å². The third kappa shape index (κ3) is 5.28. The molecule has 1 aliphatic heterocycles. The van der Waals surface area contributed by atoms with Crippen molar-refractivity contribution in [1.29, 1.82) is 0 Å². The Hall–Kier alpha value is -2.22. The van der Waals surface area contributed by atoms with E-state index < -0.39 is 10.0 Å². The van der Waals surface area contributed by atoms with Gasteiger partial charge in [-0.15, -0.1) is 0 Å². The summed E-state index contributed by atoms with van der Waals surface area (Å²) in [6.07, 6.45) is 0. The molecule has 0 aliphatic carbocycles. The largest absolute Gasteiger partial charge is 0.325 e. The predicted molar refractivity (Wildman–Crippen MR) is 120 cm³/mol. The number of nitrogens with one attached hydrogen (secondary N) is 1. The van der Waals surface area contributed by atoms with Crippen molar-refractivity contribution in [1.82, 2.24) is 9.21 Å². The van der Waals surface area contributed by atoms with Crippen LogP contribution in [0.2, 0.25) is 0 Å². The molecule has 1 fully saturated rings. The molecule has 0 aromatic heterocycles. The van der Waals surface area contributed by atoms with Gasteiger partial charge in [0.2, 0.25) is 15.9 Å². The van der Waals surface area contributed by atoms with E-state index in [1.165, 1.54) is 4.31 Å². The Morgan fingerprint density at radius 1 is 1.00 bits per heavy atom. The summed E-state index contributed by atoms with van der Waals surface area (Å²) in [5.74, 6) is 0.280. The molecule has 0 saturated carbocycles. The molecule has 30 heavy (non-hydrogen) atoms. The summed E-state index contributed by atoms with van der Waals surface area (Å²) in [7, 11) is -3.51. The van der Waals surface area contributed by atoms with Crippen LogP contribution in [0.4, 0.5) is 5.69 Å². The summed E-state index contributed by atoms with van der Waals surface area (Å²) in [5, 5.41) is 2.95. The molecule has 6 nitrogen and oxygen atoms in total. The van der Waals surface area contributed by atoms with Crippen molar-refractivity contribution in [3.05, 3.63) is 59.2 Å². The number of amides is 1. The molecule has 2 aromatic carbocycles. The number of piperazine rings is 1. The van der Waals surface area contributed by atoms with Gasteiger partial charge >= 0.3 is 0 Å². The zero-order valence-corrected chi connectivity index (χ0v) is 19.0. The zero-order valence-electron chi connectivity index (χ0n) is 18.2. The van der Waals surface area contributed by atoms with Crippen molar-refractivity contribution in [3.8, 4) is 0 Å². The van der Waals surface area contributed by atoms with Crippen LogP contribution < -0.4 is 5.32 Å². The number of sulfonamides is 1. The minimum Gasteiger partial charge on any atom is -0.325 e. The highest BCUT2D eigenvalue weighted by Gasteiger charge is 2.29. The van der Waals surface area contributed by atoms with Crippen molar-refractivity contribution < 1.29 is 13.2 Å². The molecule has 0 bridgehead atoms. The molecule has 0 unspecified atom stereocenters. The van der Waals surface area contributed by atoms with Crippen LogP contribution in [0.25, 0.3) is 0 Å². The van der Waals surface area contributed by atoms with Crippen LogP contribution in [0.1, 0.15) is 36.5 Å². The van der Waals surface area contributed by atoms with Crippen molar-refractivity contribution in [2.24, 2.45) is 0 Å². The Bertz CT molecular complexity index is 993. The van der Waals surface area contributed by atoms with Gasteiger partial charge in [-0.2, -0.15) is 4.31 Å². The highest BCUT2D eigenvalue weighted by atomic mass is 32.2. The molecule has 1 heterocycles. The minimum atomic E-state index is -3.51. The normalized spacial score (nSPS) is 16.0. The first-order valence-corrected chi connectivity index (χ1v) is 11.8. The number of anilines is 1. The average Bonchev–Trinajstić information content (AvgIpc) is 2.70. The molecular weight excluding hydrogens is 398 g/mol. The van der Waals surface area contributed by atoms with E-state index in [2.05, 4.69) is 19.2 Å². The molecule has 0 atom stereocenters. The lowest BCUT2D eigenvalue weighted by atomic mass is 10.0. The fourth-order valence-corrected chi connectivity index (χ4v) is 5.07. The van der Waals surface area contributed by atoms with Crippen LogP contribution in [-0.2, 0) is 14.8 Å². The first-order chi connectivity index (χ1) is 14.2. The second-order valence-corrected chi connectivity index (χ2v) is 10.2. The van der Waals surface area contributed by atoms with Gasteiger partial charge < -0.3 is 5.32 Å². The molecular formula is C23H31N3O3S. The van der Waals surface area contributed by atoms with Gasteiger partial charge in [0.15, 0.2) is 0 Å². The van der Waals surface area contributed by atoms with E-state index in [4.69, 9.17) is 0 Å². The topological polar surface area (TPSA) is 69.7 Å². The standard InChI is InChI=1S/C23H31N3O3S/c1-17(2)20-6-8-21(9-7-20)30(28,29)26-13-11-25(12-14-26)16-23(27)24-22-10-5-18(3)15-19(22)4/h5-10,15,17H,11-14,16H2,1-4H3,(H,24,27). The molecule has 3 rings (SSSR count). The van der Waals surface area contributed by atoms with Gasteiger partial charge in [0.25, 0.3) is 0 Å². The Morgan fingerprint density at radius 2 is 1.63 bits per heavy atom. The molecule has 1 saturated heterocycles. The van der Waals surface area contributed by atoms with Gasteiger partial charge in [-0.25, -0.2) is 8.42 Å². The number of aryl methyl sites for hydroxylation is 2. The van der Waals surface area contributed by atoms with Gasteiger partial charge in [-0.3, -0.25) is 9.69 Å². The van der Waals surface area contributed by atoms with Crippen LogP contribution >= 0.6 is 0 Å². The number of benzene rings is 2. The average molecular weight is 430 g/mol. The third-order valence-electron chi connectivity index (χ3n) is 5.54. The van der Waals surface area contributed by atoms with E-state index in [-0.39, 0.29) is 12.5 Å². The van der Waals surface area contributed by atoms with Crippen molar-refractivity contribution in [2.45, 2.75) is 38.5 Å². The number of nitrogens with zero attached hydrogens (tertiary/aromatic N) is 2. The summed E-state index contributed by atoms with van der Waals surface area (Å²) in [6, 6.07) is 13.1. The smallest absolute Gasteiger partial charge is 0.243 e. The number of carbonyl (C=O) groups is 1. The molecule has 7 heteroatoms. The summed E-state index contributed by atoms with van der Waals surface area (Å²) < 4.78 is 27.4. The zero-order chi connectivity index (χ0) is 21.9. The van der Waals surface area contributed by atoms with Gasteiger partial charge in [0, 0.05) is 31.9 Å².